The fraction of sp³-hybridized carbons (Fsp3) is 1.00. The van der Waals surface area contributed by atoms with E-state index in [1.165, 1.54) is 7.11 Å². The molecular weight excluding hydrogens is 172 g/mol. The Bertz CT molecular complexity index is 189. The summed E-state index contributed by atoms with van der Waals surface area (Å²) in [5, 5.41) is 9.69. The van der Waals surface area contributed by atoms with Gasteiger partial charge < -0.3 is 14.3 Å². The van der Waals surface area contributed by atoms with E-state index in [2.05, 4.69) is 19.6 Å². The van der Waals surface area contributed by atoms with E-state index in [0.717, 1.165) is 0 Å². The summed E-state index contributed by atoms with van der Waals surface area (Å²) in [6, 6.07) is 0. The van der Waals surface area contributed by atoms with Gasteiger partial charge in [-0.2, -0.15) is 0 Å². The number of aliphatic hydroxyl groups is 1. The minimum absolute atomic E-state index is 0.466. The van der Waals surface area contributed by atoms with Crippen molar-refractivity contribution in [3.8, 4) is 0 Å². The van der Waals surface area contributed by atoms with Crippen LogP contribution in [0.4, 0.5) is 0 Å². The molecule has 0 aromatic rings. The molecule has 12 heavy (non-hydrogen) atoms. The molecule has 2 atom stereocenters. The first-order chi connectivity index (χ1) is 5.22. The zero-order chi connectivity index (χ0) is 9.62. The van der Waals surface area contributed by atoms with Gasteiger partial charge in [-0.05, 0) is 26.6 Å². The molecular formula is C8H18O3Si. The molecule has 72 valence electrons. The van der Waals surface area contributed by atoms with Gasteiger partial charge in [-0.3, -0.25) is 0 Å². The zero-order valence-corrected chi connectivity index (χ0v) is 9.47. The summed E-state index contributed by atoms with van der Waals surface area (Å²) in [4.78, 5) is 0. The van der Waals surface area contributed by atoms with Crippen molar-refractivity contribution in [2.24, 2.45) is 0 Å². The van der Waals surface area contributed by atoms with Crippen LogP contribution in [0.3, 0.4) is 0 Å². The third-order valence-corrected chi connectivity index (χ3v) is 3.21. The van der Waals surface area contributed by atoms with Crippen LogP contribution in [0.1, 0.15) is 13.3 Å². The van der Waals surface area contributed by atoms with Crippen LogP contribution in [0.25, 0.3) is 0 Å². The molecule has 1 N–H and O–H groups in total. The van der Waals surface area contributed by atoms with Crippen LogP contribution in [-0.2, 0) is 9.16 Å². The maximum Gasteiger partial charge on any atom is 0.196 e. The monoisotopic (exact) mass is 190 g/mol. The highest BCUT2D eigenvalue weighted by atomic mass is 28.4. The summed E-state index contributed by atoms with van der Waals surface area (Å²) >= 11 is 0. The molecule has 0 aromatic carbocycles. The van der Waals surface area contributed by atoms with Gasteiger partial charge >= 0.3 is 0 Å². The summed E-state index contributed by atoms with van der Waals surface area (Å²) < 4.78 is 10.8. The molecule has 3 nitrogen and oxygen atoms in total. The van der Waals surface area contributed by atoms with E-state index >= 15 is 0 Å². The molecule has 1 aliphatic carbocycles. The number of methoxy groups -OCH3 is 1. The van der Waals surface area contributed by atoms with E-state index < -0.39 is 19.7 Å². The second kappa shape index (κ2) is 2.54. The normalized spacial score (nSPS) is 41.5. The largest absolute Gasteiger partial charge is 0.407 e. The van der Waals surface area contributed by atoms with Crippen LogP contribution < -0.4 is 0 Å². The van der Waals surface area contributed by atoms with Gasteiger partial charge in [0.1, 0.15) is 5.60 Å². The van der Waals surface area contributed by atoms with Crippen LogP contribution in [0, 0.1) is 0 Å². The van der Waals surface area contributed by atoms with Gasteiger partial charge in [0, 0.05) is 13.5 Å². The summed E-state index contributed by atoms with van der Waals surface area (Å²) in [7, 11) is -0.0625. The van der Waals surface area contributed by atoms with Crippen LogP contribution in [0.15, 0.2) is 0 Å². The van der Waals surface area contributed by atoms with E-state index in [9.17, 15) is 5.11 Å². The summed E-state index contributed by atoms with van der Waals surface area (Å²) in [6.07, 6.45) is 0.584. The fourth-order valence-electron chi connectivity index (χ4n) is 1.49. The molecule has 1 saturated carbocycles. The quantitative estimate of drug-likeness (QED) is 0.539. The maximum absolute atomic E-state index is 9.69. The Balaban J connectivity index is 2.57. The Kier molecular flexibility index (Phi) is 2.16. The van der Waals surface area contributed by atoms with Crippen molar-refractivity contribution in [1.82, 2.24) is 0 Å². The van der Waals surface area contributed by atoms with Crippen molar-refractivity contribution in [2.75, 3.05) is 7.11 Å². The smallest absolute Gasteiger partial charge is 0.196 e. The molecule has 2 unspecified atom stereocenters. The lowest BCUT2D eigenvalue weighted by atomic mass is 10.4. The molecule has 0 aromatic heterocycles. The summed E-state index contributed by atoms with van der Waals surface area (Å²) in [5.41, 5.74) is -0.466. The van der Waals surface area contributed by atoms with Crippen molar-refractivity contribution in [3.05, 3.63) is 0 Å². The Hall–Kier alpha value is 0.0969. The van der Waals surface area contributed by atoms with Gasteiger partial charge in [0.25, 0.3) is 0 Å². The van der Waals surface area contributed by atoms with E-state index in [-0.39, 0.29) is 0 Å². The molecule has 1 fully saturated rings. The van der Waals surface area contributed by atoms with Gasteiger partial charge in [-0.15, -0.1) is 0 Å². The van der Waals surface area contributed by atoms with E-state index in [4.69, 9.17) is 9.16 Å². The number of hydrogen-bond acceptors (Lipinski definition) is 3. The molecule has 0 heterocycles. The van der Waals surface area contributed by atoms with Gasteiger partial charge in [0.2, 0.25) is 0 Å². The molecule has 0 spiro atoms. The second-order valence-electron chi connectivity index (χ2n) is 4.61. The first kappa shape index (κ1) is 10.2. The first-order valence-corrected chi connectivity index (χ1v) is 7.61. The highest BCUT2D eigenvalue weighted by Gasteiger charge is 2.67. The second-order valence-corrected chi connectivity index (χ2v) is 9.04. The van der Waals surface area contributed by atoms with Crippen LogP contribution in [0.5, 0.6) is 0 Å². The Morgan fingerprint density at radius 2 is 1.83 bits per heavy atom. The Morgan fingerprint density at radius 1 is 1.33 bits per heavy atom. The van der Waals surface area contributed by atoms with Crippen molar-refractivity contribution in [1.29, 1.82) is 0 Å². The first-order valence-electron chi connectivity index (χ1n) is 4.20. The average Bonchev–Trinajstić information content (AvgIpc) is 2.31. The van der Waals surface area contributed by atoms with Crippen LogP contribution >= 0.6 is 0 Å². The molecule has 4 heteroatoms. The molecule has 0 saturated heterocycles. The van der Waals surface area contributed by atoms with Crippen molar-refractivity contribution in [2.45, 2.75) is 44.4 Å². The van der Waals surface area contributed by atoms with Crippen LogP contribution in [-0.4, -0.2) is 31.9 Å². The minimum Gasteiger partial charge on any atom is -0.407 e. The number of ether oxygens (including phenoxy) is 1. The minimum atomic E-state index is -1.58. The molecule has 1 aliphatic rings. The van der Waals surface area contributed by atoms with E-state index in [1.54, 1.807) is 0 Å². The lowest BCUT2D eigenvalue weighted by Crippen LogP contribution is -2.38. The summed E-state index contributed by atoms with van der Waals surface area (Å²) in [6.45, 7) is 8.21. The van der Waals surface area contributed by atoms with Gasteiger partial charge in [0.05, 0.1) is 0 Å². The van der Waals surface area contributed by atoms with Crippen LogP contribution in [0.2, 0.25) is 19.6 Å². The van der Waals surface area contributed by atoms with Crippen molar-refractivity contribution >= 4 is 8.32 Å². The average molecular weight is 190 g/mol. The molecule has 0 bridgehead atoms. The molecule has 0 aliphatic heterocycles. The number of rotatable bonds is 3. The standard InChI is InChI=1S/C8H18O3Si/c1-7(11-12(3,4)5)6-8(7,9)10-2/h9H,6H2,1-5H3. The summed E-state index contributed by atoms with van der Waals surface area (Å²) in [5.74, 6) is -1.03. The van der Waals surface area contributed by atoms with Crippen molar-refractivity contribution < 1.29 is 14.3 Å². The Labute approximate surface area is 74.8 Å². The third-order valence-electron chi connectivity index (χ3n) is 2.15. The zero-order valence-electron chi connectivity index (χ0n) is 8.47. The van der Waals surface area contributed by atoms with Gasteiger partial charge in [-0.1, -0.05) is 0 Å². The Morgan fingerprint density at radius 3 is 2.08 bits per heavy atom. The van der Waals surface area contributed by atoms with E-state index in [1.807, 2.05) is 6.92 Å². The SMILES string of the molecule is COC1(O)CC1(C)O[Si](C)(C)C. The van der Waals surface area contributed by atoms with E-state index in [0.29, 0.717) is 6.42 Å². The molecule has 0 amide bonds. The lowest BCUT2D eigenvalue weighted by Gasteiger charge is -2.25. The third kappa shape index (κ3) is 1.71. The lowest BCUT2D eigenvalue weighted by molar-refractivity contribution is -0.145. The highest BCUT2D eigenvalue weighted by Crippen LogP contribution is 2.52. The predicted molar refractivity (Wildman–Crippen MR) is 49.4 cm³/mol. The van der Waals surface area contributed by atoms with Gasteiger partial charge in [-0.25, -0.2) is 0 Å². The van der Waals surface area contributed by atoms with Crippen molar-refractivity contribution in [3.63, 3.8) is 0 Å². The molecule has 1 rings (SSSR count). The highest BCUT2D eigenvalue weighted by molar-refractivity contribution is 6.69. The fourth-order valence-corrected chi connectivity index (χ4v) is 3.08. The number of hydrogen-bond donors (Lipinski definition) is 1. The van der Waals surface area contributed by atoms with Gasteiger partial charge in [0.15, 0.2) is 14.1 Å². The predicted octanol–water partition coefficient (Wildman–Crippen LogP) is 1.34. The maximum atomic E-state index is 9.69. The topological polar surface area (TPSA) is 38.7 Å². The molecule has 0 radical (unpaired) electrons.